The minimum Gasteiger partial charge on any atom is -0.444 e. The molecule has 5 nitrogen and oxygen atoms in total. The summed E-state index contributed by atoms with van der Waals surface area (Å²) >= 11 is 0. The summed E-state index contributed by atoms with van der Waals surface area (Å²) in [6, 6.07) is 14.8. The SMILES string of the molecule is CCc1cccc(NC(=O)c2coc(-c3ccc(N)cc3)n2)c1. The second-order valence-corrected chi connectivity index (χ2v) is 5.17. The molecule has 1 heterocycles. The number of aromatic nitrogens is 1. The van der Waals surface area contributed by atoms with Crippen molar-refractivity contribution in [1.82, 2.24) is 4.98 Å². The van der Waals surface area contributed by atoms with E-state index in [2.05, 4.69) is 17.2 Å². The van der Waals surface area contributed by atoms with Crippen LogP contribution in [0.25, 0.3) is 11.5 Å². The molecule has 0 spiro atoms. The average Bonchev–Trinajstić information content (AvgIpc) is 3.06. The number of anilines is 2. The van der Waals surface area contributed by atoms with Crippen LogP contribution in [0.3, 0.4) is 0 Å². The van der Waals surface area contributed by atoms with Crippen LogP contribution in [-0.2, 0) is 6.42 Å². The molecule has 3 N–H and O–H groups in total. The van der Waals surface area contributed by atoms with Gasteiger partial charge in [0.2, 0.25) is 5.89 Å². The number of hydrogen-bond donors (Lipinski definition) is 2. The molecule has 0 aliphatic heterocycles. The number of aryl methyl sites for hydroxylation is 1. The van der Waals surface area contributed by atoms with Crippen LogP contribution < -0.4 is 11.1 Å². The van der Waals surface area contributed by atoms with Gasteiger partial charge in [-0.25, -0.2) is 4.98 Å². The molecule has 0 bridgehead atoms. The fraction of sp³-hybridized carbons (Fsp3) is 0.111. The lowest BCUT2D eigenvalue weighted by Crippen LogP contribution is -2.12. The van der Waals surface area contributed by atoms with Crippen LogP contribution in [-0.4, -0.2) is 10.9 Å². The maximum atomic E-state index is 12.3. The maximum absolute atomic E-state index is 12.3. The number of nitrogen functional groups attached to an aromatic ring is 1. The number of nitrogens with one attached hydrogen (secondary N) is 1. The molecular weight excluding hydrogens is 290 g/mol. The van der Waals surface area contributed by atoms with Gasteiger partial charge in [-0.05, 0) is 48.4 Å². The first-order valence-corrected chi connectivity index (χ1v) is 7.37. The van der Waals surface area contributed by atoms with E-state index < -0.39 is 0 Å². The highest BCUT2D eigenvalue weighted by Crippen LogP contribution is 2.20. The summed E-state index contributed by atoms with van der Waals surface area (Å²) < 4.78 is 5.38. The molecule has 0 atom stereocenters. The van der Waals surface area contributed by atoms with Gasteiger partial charge in [0.25, 0.3) is 5.91 Å². The average molecular weight is 307 g/mol. The Morgan fingerprint density at radius 3 is 2.74 bits per heavy atom. The molecule has 1 aromatic heterocycles. The second-order valence-electron chi connectivity index (χ2n) is 5.17. The quantitative estimate of drug-likeness (QED) is 0.719. The Morgan fingerprint density at radius 1 is 1.22 bits per heavy atom. The Morgan fingerprint density at radius 2 is 2.00 bits per heavy atom. The van der Waals surface area contributed by atoms with E-state index in [1.807, 2.05) is 24.3 Å². The number of rotatable bonds is 4. The van der Waals surface area contributed by atoms with Gasteiger partial charge in [-0.3, -0.25) is 4.79 Å². The molecule has 2 aromatic carbocycles. The summed E-state index contributed by atoms with van der Waals surface area (Å²) in [5.41, 5.74) is 9.22. The number of hydrogen-bond acceptors (Lipinski definition) is 4. The van der Waals surface area contributed by atoms with Crippen LogP contribution in [0.4, 0.5) is 11.4 Å². The third kappa shape index (κ3) is 3.40. The molecule has 0 aliphatic carbocycles. The maximum Gasteiger partial charge on any atom is 0.277 e. The summed E-state index contributed by atoms with van der Waals surface area (Å²) in [6.07, 6.45) is 2.26. The highest BCUT2D eigenvalue weighted by atomic mass is 16.3. The first kappa shape index (κ1) is 14.8. The number of carbonyl (C=O) groups is 1. The van der Waals surface area contributed by atoms with Crippen LogP contribution in [0.2, 0.25) is 0 Å². The molecule has 0 aliphatic rings. The van der Waals surface area contributed by atoms with Crippen LogP contribution in [0, 0.1) is 0 Å². The molecule has 0 saturated heterocycles. The van der Waals surface area contributed by atoms with Crippen molar-refractivity contribution in [2.75, 3.05) is 11.1 Å². The molecule has 116 valence electrons. The Hall–Kier alpha value is -3.08. The Kier molecular flexibility index (Phi) is 4.10. The van der Waals surface area contributed by atoms with E-state index in [1.165, 1.54) is 6.26 Å². The van der Waals surface area contributed by atoms with Gasteiger partial charge >= 0.3 is 0 Å². The van der Waals surface area contributed by atoms with Crippen LogP contribution in [0.15, 0.2) is 59.2 Å². The number of carbonyl (C=O) groups excluding carboxylic acids is 1. The fourth-order valence-corrected chi connectivity index (χ4v) is 2.20. The summed E-state index contributed by atoms with van der Waals surface area (Å²) in [4.78, 5) is 16.5. The number of oxazole rings is 1. The van der Waals surface area contributed by atoms with E-state index >= 15 is 0 Å². The molecule has 0 radical (unpaired) electrons. The largest absolute Gasteiger partial charge is 0.444 e. The standard InChI is InChI=1S/C18H17N3O2/c1-2-12-4-3-5-15(10-12)20-17(22)16-11-23-18(21-16)13-6-8-14(19)9-7-13/h3-11H,2,19H2,1H3,(H,20,22). The van der Waals surface area contributed by atoms with Crippen molar-refractivity contribution in [2.45, 2.75) is 13.3 Å². The van der Waals surface area contributed by atoms with Gasteiger partial charge in [0.05, 0.1) is 0 Å². The van der Waals surface area contributed by atoms with Crippen LogP contribution in [0.1, 0.15) is 23.0 Å². The van der Waals surface area contributed by atoms with Crippen molar-refractivity contribution in [3.05, 3.63) is 66.1 Å². The topological polar surface area (TPSA) is 81.2 Å². The van der Waals surface area contributed by atoms with E-state index in [0.717, 1.165) is 23.2 Å². The Balaban J connectivity index is 1.76. The number of amides is 1. The first-order chi connectivity index (χ1) is 11.2. The molecular formula is C18H17N3O2. The lowest BCUT2D eigenvalue weighted by molar-refractivity contribution is 0.102. The molecule has 3 aromatic rings. The monoisotopic (exact) mass is 307 g/mol. The van der Waals surface area contributed by atoms with Gasteiger partial charge in [0, 0.05) is 16.9 Å². The predicted octanol–water partition coefficient (Wildman–Crippen LogP) is 3.74. The van der Waals surface area contributed by atoms with Gasteiger partial charge in [-0.1, -0.05) is 19.1 Å². The van der Waals surface area contributed by atoms with Crippen molar-refractivity contribution >= 4 is 17.3 Å². The zero-order valence-corrected chi connectivity index (χ0v) is 12.7. The third-order valence-electron chi connectivity index (χ3n) is 3.49. The van der Waals surface area contributed by atoms with Gasteiger partial charge < -0.3 is 15.5 Å². The van der Waals surface area contributed by atoms with E-state index in [1.54, 1.807) is 24.3 Å². The molecule has 0 saturated carbocycles. The molecule has 23 heavy (non-hydrogen) atoms. The van der Waals surface area contributed by atoms with Gasteiger partial charge in [-0.15, -0.1) is 0 Å². The minimum absolute atomic E-state index is 0.235. The molecule has 1 amide bonds. The molecule has 0 fully saturated rings. The Bertz CT molecular complexity index is 822. The zero-order valence-electron chi connectivity index (χ0n) is 12.7. The highest BCUT2D eigenvalue weighted by Gasteiger charge is 2.13. The summed E-state index contributed by atoms with van der Waals surface area (Å²) in [5.74, 6) is 0.0844. The van der Waals surface area contributed by atoms with E-state index in [9.17, 15) is 4.79 Å². The van der Waals surface area contributed by atoms with Crippen molar-refractivity contribution in [3.8, 4) is 11.5 Å². The van der Waals surface area contributed by atoms with Crippen LogP contribution >= 0.6 is 0 Å². The Labute approximate surface area is 134 Å². The van der Waals surface area contributed by atoms with Crippen molar-refractivity contribution in [2.24, 2.45) is 0 Å². The van der Waals surface area contributed by atoms with Crippen molar-refractivity contribution in [3.63, 3.8) is 0 Å². The third-order valence-corrected chi connectivity index (χ3v) is 3.49. The second kappa shape index (κ2) is 6.36. The van der Waals surface area contributed by atoms with Gasteiger partial charge in [0.1, 0.15) is 6.26 Å². The molecule has 3 rings (SSSR count). The predicted molar refractivity (Wildman–Crippen MR) is 90.1 cm³/mol. The van der Waals surface area contributed by atoms with Gasteiger partial charge in [0.15, 0.2) is 5.69 Å². The summed E-state index contributed by atoms with van der Waals surface area (Å²) in [7, 11) is 0. The number of benzene rings is 2. The van der Waals surface area contributed by atoms with Crippen LogP contribution in [0.5, 0.6) is 0 Å². The number of nitrogens with zero attached hydrogens (tertiary/aromatic N) is 1. The van der Waals surface area contributed by atoms with E-state index in [0.29, 0.717) is 11.6 Å². The minimum atomic E-state index is -0.302. The summed E-state index contributed by atoms with van der Waals surface area (Å²) in [5, 5.41) is 2.83. The smallest absolute Gasteiger partial charge is 0.277 e. The van der Waals surface area contributed by atoms with Gasteiger partial charge in [-0.2, -0.15) is 0 Å². The highest BCUT2D eigenvalue weighted by molar-refractivity contribution is 6.02. The van der Waals surface area contributed by atoms with Crippen molar-refractivity contribution < 1.29 is 9.21 Å². The van der Waals surface area contributed by atoms with Crippen molar-refractivity contribution in [1.29, 1.82) is 0 Å². The fourth-order valence-electron chi connectivity index (χ4n) is 2.20. The molecule has 5 heteroatoms. The summed E-state index contributed by atoms with van der Waals surface area (Å²) in [6.45, 7) is 2.07. The van der Waals surface area contributed by atoms with E-state index in [-0.39, 0.29) is 11.6 Å². The number of nitrogens with two attached hydrogens (primary N) is 1. The zero-order chi connectivity index (χ0) is 16.2. The normalized spacial score (nSPS) is 10.5. The lowest BCUT2D eigenvalue weighted by atomic mass is 10.1. The first-order valence-electron chi connectivity index (χ1n) is 7.37. The molecule has 0 unspecified atom stereocenters. The lowest BCUT2D eigenvalue weighted by Gasteiger charge is -2.04. The van der Waals surface area contributed by atoms with E-state index in [4.69, 9.17) is 10.2 Å².